The minimum atomic E-state index is -4.21. The van der Waals surface area contributed by atoms with E-state index in [-0.39, 0.29) is 12.7 Å². The summed E-state index contributed by atoms with van der Waals surface area (Å²) >= 11 is 2.60. The summed E-state index contributed by atoms with van der Waals surface area (Å²) in [5.41, 5.74) is 0. The first-order valence-corrected chi connectivity index (χ1v) is 6.54. The topological polar surface area (TPSA) is 9.23 Å². The number of rotatable bonds is 3. The number of hydrogen-bond acceptors (Lipinski definition) is 1. The lowest BCUT2D eigenvalue weighted by molar-refractivity contribution is -0.143. The summed E-state index contributed by atoms with van der Waals surface area (Å²) in [6, 6.07) is 0. The molecule has 0 saturated heterocycles. The molecule has 0 amide bonds. The van der Waals surface area contributed by atoms with Crippen molar-refractivity contribution in [3.63, 3.8) is 0 Å². The fraction of sp³-hybridized carbons (Fsp3) is 1.00. The lowest BCUT2D eigenvalue weighted by Crippen LogP contribution is -2.33. The third kappa shape index (κ3) is 4.24. The van der Waals surface area contributed by atoms with Gasteiger partial charge in [0.25, 0.3) is 0 Å². The van der Waals surface area contributed by atoms with Crippen LogP contribution in [0.15, 0.2) is 0 Å². The molecule has 1 fully saturated rings. The molecule has 1 rings (SSSR count). The van der Waals surface area contributed by atoms with E-state index >= 15 is 0 Å². The van der Waals surface area contributed by atoms with Crippen molar-refractivity contribution < 1.29 is 17.9 Å². The van der Waals surface area contributed by atoms with E-state index in [1.807, 2.05) is 0 Å². The van der Waals surface area contributed by atoms with Crippen molar-refractivity contribution in [2.24, 2.45) is 11.8 Å². The Morgan fingerprint density at radius 2 is 1.88 bits per heavy atom. The highest BCUT2D eigenvalue weighted by molar-refractivity contribution is 9.09. The predicted molar refractivity (Wildman–Crippen MR) is 60.7 cm³/mol. The first-order valence-electron chi connectivity index (χ1n) is 5.63. The van der Waals surface area contributed by atoms with E-state index in [1.54, 1.807) is 0 Å². The quantitative estimate of drug-likeness (QED) is 0.712. The van der Waals surface area contributed by atoms with Gasteiger partial charge in [0.2, 0.25) is 0 Å². The van der Waals surface area contributed by atoms with Crippen LogP contribution in [0.5, 0.6) is 0 Å². The molecule has 1 nitrogen and oxygen atoms in total. The van der Waals surface area contributed by atoms with Gasteiger partial charge in [0.05, 0.1) is 12.7 Å². The van der Waals surface area contributed by atoms with Crippen molar-refractivity contribution in [2.45, 2.75) is 50.2 Å². The van der Waals surface area contributed by atoms with Crippen molar-refractivity contribution >= 4 is 15.9 Å². The highest BCUT2D eigenvalue weighted by Gasteiger charge is 2.38. The Kier molecular flexibility index (Phi) is 5.10. The Morgan fingerprint density at radius 3 is 2.38 bits per heavy atom. The van der Waals surface area contributed by atoms with Crippen LogP contribution in [0, 0.1) is 11.8 Å². The monoisotopic (exact) mass is 302 g/mol. The zero-order valence-corrected chi connectivity index (χ0v) is 11.1. The smallest absolute Gasteiger partial charge is 0.377 e. The highest BCUT2D eigenvalue weighted by Crippen LogP contribution is 2.32. The van der Waals surface area contributed by atoms with Crippen LogP contribution in [-0.4, -0.2) is 23.7 Å². The van der Waals surface area contributed by atoms with Gasteiger partial charge < -0.3 is 4.74 Å². The molecule has 0 aromatic carbocycles. The van der Waals surface area contributed by atoms with Crippen molar-refractivity contribution in [1.82, 2.24) is 0 Å². The van der Waals surface area contributed by atoms with Crippen LogP contribution in [0.1, 0.15) is 33.1 Å². The molecule has 0 radical (unpaired) electrons. The molecule has 1 saturated carbocycles. The van der Waals surface area contributed by atoms with Gasteiger partial charge in [-0.3, -0.25) is 0 Å². The molecule has 1 aliphatic rings. The minimum absolute atomic E-state index is 0.00593. The second-order valence-corrected chi connectivity index (χ2v) is 5.84. The standard InChI is InChI=1S/C11H18BrF3O/c1-7-3-4-9(5-8(7)2)16-6-10(12)11(13,14)15/h7-10H,3-6H2,1-2H3. The lowest BCUT2D eigenvalue weighted by atomic mass is 9.80. The van der Waals surface area contributed by atoms with Crippen molar-refractivity contribution in [3.8, 4) is 0 Å². The number of hydrogen-bond donors (Lipinski definition) is 0. The molecule has 0 aromatic rings. The van der Waals surface area contributed by atoms with E-state index in [1.165, 1.54) is 0 Å². The first kappa shape index (κ1) is 14.3. The summed E-state index contributed by atoms with van der Waals surface area (Å²) in [6.07, 6.45) is -1.42. The Balaban J connectivity index is 2.29. The summed E-state index contributed by atoms with van der Waals surface area (Å²) in [7, 11) is 0. The van der Waals surface area contributed by atoms with E-state index in [2.05, 4.69) is 29.8 Å². The van der Waals surface area contributed by atoms with Gasteiger partial charge in [-0.1, -0.05) is 29.8 Å². The fourth-order valence-electron chi connectivity index (χ4n) is 1.96. The van der Waals surface area contributed by atoms with Gasteiger partial charge >= 0.3 is 6.18 Å². The summed E-state index contributed by atoms with van der Waals surface area (Å²) < 4.78 is 42.0. The van der Waals surface area contributed by atoms with E-state index in [0.29, 0.717) is 11.8 Å². The van der Waals surface area contributed by atoms with Gasteiger partial charge in [-0.15, -0.1) is 0 Å². The Labute approximate surface area is 103 Å². The Bertz CT molecular complexity index is 220. The van der Waals surface area contributed by atoms with Gasteiger partial charge in [-0.2, -0.15) is 13.2 Å². The summed E-state index contributed by atoms with van der Waals surface area (Å²) in [6.45, 7) is 4.04. The molecule has 96 valence electrons. The zero-order valence-electron chi connectivity index (χ0n) is 9.56. The van der Waals surface area contributed by atoms with Crippen LogP contribution in [0.25, 0.3) is 0 Å². The third-order valence-corrected chi connectivity index (χ3v) is 4.17. The number of halogens is 4. The van der Waals surface area contributed by atoms with Gasteiger partial charge in [0, 0.05) is 0 Å². The van der Waals surface area contributed by atoms with Crippen molar-refractivity contribution in [3.05, 3.63) is 0 Å². The van der Waals surface area contributed by atoms with Crippen LogP contribution in [-0.2, 0) is 4.74 Å². The molecule has 0 N–H and O–H groups in total. The average molecular weight is 303 g/mol. The van der Waals surface area contributed by atoms with Gasteiger partial charge in [-0.05, 0) is 31.1 Å². The molecule has 5 heteroatoms. The molecular weight excluding hydrogens is 285 g/mol. The van der Waals surface area contributed by atoms with Crippen LogP contribution in [0.2, 0.25) is 0 Å². The predicted octanol–water partition coefficient (Wildman–Crippen LogP) is 4.15. The molecule has 0 spiro atoms. The maximum Gasteiger partial charge on any atom is 0.403 e. The number of ether oxygens (including phenoxy) is 1. The van der Waals surface area contributed by atoms with Crippen LogP contribution in [0.3, 0.4) is 0 Å². The molecular formula is C11H18BrF3O. The molecule has 0 heterocycles. The molecule has 0 aliphatic heterocycles. The molecule has 4 atom stereocenters. The molecule has 0 bridgehead atoms. The maximum absolute atomic E-state index is 12.2. The van der Waals surface area contributed by atoms with Crippen LogP contribution in [0.4, 0.5) is 13.2 Å². The highest BCUT2D eigenvalue weighted by atomic mass is 79.9. The number of alkyl halides is 4. The first-order chi connectivity index (χ1) is 7.30. The van der Waals surface area contributed by atoms with Gasteiger partial charge in [0.1, 0.15) is 4.83 Å². The molecule has 0 aromatic heterocycles. The molecule has 1 aliphatic carbocycles. The van der Waals surface area contributed by atoms with Crippen molar-refractivity contribution in [2.75, 3.05) is 6.61 Å². The summed E-state index contributed by atoms with van der Waals surface area (Å²) in [4.78, 5) is -1.55. The van der Waals surface area contributed by atoms with E-state index in [0.717, 1.165) is 19.3 Å². The van der Waals surface area contributed by atoms with E-state index in [4.69, 9.17) is 4.74 Å². The minimum Gasteiger partial charge on any atom is -0.377 e. The SMILES string of the molecule is CC1CCC(OCC(Br)C(F)(F)F)CC1C. The summed E-state index contributed by atoms with van der Waals surface area (Å²) in [5.74, 6) is 1.20. The molecule has 4 unspecified atom stereocenters. The van der Waals surface area contributed by atoms with Crippen LogP contribution >= 0.6 is 15.9 Å². The second-order valence-electron chi connectivity index (χ2n) is 4.73. The van der Waals surface area contributed by atoms with E-state index < -0.39 is 11.0 Å². The third-order valence-electron chi connectivity index (χ3n) is 3.38. The lowest BCUT2D eigenvalue weighted by Gasteiger charge is -2.32. The van der Waals surface area contributed by atoms with Gasteiger partial charge in [-0.25, -0.2) is 0 Å². The van der Waals surface area contributed by atoms with Crippen LogP contribution < -0.4 is 0 Å². The average Bonchev–Trinajstić information content (AvgIpc) is 2.18. The normalized spacial score (nSPS) is 33.8. The van der Waals surface area contributed by atoms with E-state index in [9.17, 15) is 13.2 Å². The largest absolute Gasteiger partial charge is 0.403 e. The second kappa shape index (κ2) is 5.71. The summed E-state index contributed by atoms with van der Waals surface area (Å²) in [5, 5.41) is 0. The zero-order chi connectivity index (χ0) is 12.3. The fourth-order valence-corrected chi connectivity index (χ4v) is 2.12. The Morgan fingerprint density at radius 1 is 1.25 bits per heavy atom. The van der Waals surface area contributed by atoms with Crippen molar-refractivity contribution in [1.29, 1.82) is 0 Å². The molecule has 16 heavy (non-hydrogen) atoms. The van der Waals surface area contributed by atoms with Gasteiger partial charge in [0.15, 0.2) is 0 Å². The Hall–Kier alpha value is 0.230. The maximum atomic E-state index is 12.2.